The predicted octanol–water partition coefficient (Wildman–Crippen LogP) is 3.30. The number of aryl methyl sites for hydroxylation is 2. The Morgan fingerprint density at radius 3 is 2.72 bits per heavy atom. The van der Waals surface area contributed by atoms with E-state index in [1.807, 2.05) is 37.4 Å². The van der Waals surface area contributed by atoms with Gasteiger partial charge in [0.25, 0.3) is 5.91 Å². The van der Waals surface area contributed by atoms with Gasteiger partial charge in [-0.2, -0.15) is 0 Å². The summed E-state index contributed by atoms with van der Waals surface area (Å²) in [7, 11) is -3.17. The molecule has 1 atom stereocenters. The summed E-state index contributed by atoms with van der Waals surface area (Å²) in [6.45, 7) is 4.01. The number of carbonyl (C=O) groups is 1. The average molecular weight is 432 g/mol. The Morgan fingerprint density at radius 1 is 1.28 bits per heavy atom. The van der Waals surface area contributed by atoms with Crippen LogP contribution in [0.4, 0.5) is 0 Å². The largest absolute Gasteiger partial charge is 0.451 e. The Labute approximate surface area is 172 Å². The van der Waals surface area contributed by atoms with Gasteiger partial charge in [0.1, 0.15) is 5.58 Å². The number of hydrogen-bond donors (Lipinski definition) is 0. The molecule has 1 aliphatic heterocycles. The third-order valence-electron chi connectivity index (χ3n) is 5.20. The van der Waals surface area contributed by atoms with E-state index in [2.05, 4.69) is 0 Å². The van der Waals surface area contributed by atoms with Gasteiger partial charge < -0.3 is 9.32 Å². The van der Waals surface area contributed by atoms with Crippen LogP contribution in [-0.2, 0) is 16.4 Å². The molecule has 6 nitrogen and oxygen atoms in total. The monoisotopic (exact) mass is 431 g/mol. The molecule has 1 aliphatic rings. The van der Waals surface area contributed by atoms with Crippen LogP contribution in [0.1, 0.15) is 33.0 Å². The molecule has 3 heterocycles. The van der Waals surface area contributed by atoms with Crippen LogP contribution in [0.3, 0.4) is 0 Å². The molecule has 1 fully saturated rings. The van der Waals surface area contributed by atoms with Crippen LogP contribution in [0.5, 0.6) is 0 Å². The molecule has 4 rings (SSSR count). The fourth-order valence-electron chi connectivity index (χ4n) is 3.87. The van der Waals surface area contributed by atoms with E-state index in [0.717, 1.165) is 16.0 Å². The quantitative estimate of drug-likeness (QED) is 0.633. The highest BCUT2D eigenvalue weighted by Crippen LogP contribution is 2.25. The first kappa shape index (κ1) is 19.8. The Morgan fingerprint density at radius 2 is 2.07 bits per heavy atom. The minimum Gasteiger partial charge on any atom is -0.451 e. The molecule has 29 heavy (non-hydrogen) atoms. The smallest absolute Gasteiger partial charge is 0.290 e. The van der Waals surface area contributed by atoms with Crippen LogP contribution < -0.4 is 5.43 Å². The highest BCUT2D eigenvalue weighted by molar-refractivity contribution is 7.91. The molecule has 3 aromatic rings. The van der Waals surface area contributed by atoms with Gasteiger partial charge in [0.2, 0.25) is 0 Å². The number of nitrogens with zero attached hydrogens (tertiary/aromatic N) is 1. The number of hydrogen-bond acceptors (Lipinski definition) is 6. The molecule has 1 saturated heterocycles. The first-order valence-corrected chi connectivity index (χ1v) is 12.0. The molecule has 152 valence electrons. The Bertz CT molecular complexity index is 1240. The number of amides is 1. The number of carbonyl (C=O) groups excluding carboxylic acids is 1. The van der Waals surface area contributed by atoms with Crippen molar-refractivity contribution in [2.75, 3.05) is 11.5 Å². The predicted molar refractivity (Wildman–Crippen MR) is 113 cm³/mol. The van der Waals surface area contributed by atoms with Gasteiger partial charge in [-0.15, -0.1) is 11.3 Å². The number of thiophene rings is 1. The van der Waals surface area contributed by atoms with Crippen LogP contribution in [-0.4, -0.2) is 36.8 Å². The third kappa shape index (κ3) is 4.00. The molecule has 1 aromatic carbocycles. The highest BCUT2D eigenvalue weighted by atomic mass is 32.2. The van der Waals surface area contributed by atoms with Crippen LogP contribution in [0.25, 0.3) is 11.0 Å². The van der Waals surface area contributed by atoms with Crippen LogP contribution in [0, 0.1) is 13.8 Å². The van der Waals surface area contributed by atoms with Crippen molar-refractivity contribution in [3.05, 3.63) is 67.7 Å². The molecule has 0 bridgehead atoms. The van der Waals surface area contributed by atoms with Gasteiger partial charge in [0.05, 0.1) is 23.4 Å². The first-order chi connectivity index (χ1) is 13.7. The number of fused-ring (bicyclic) bond motifs is 1. The zero-order valence-electron chi connectivity index (χ0n) is 16.2. The van der Waals surface area contributed by atoms with E-state index in [-0.39, 0.29) is 29.2 Å². The second-order valence-electron chi connectivity index (χ2n) is 7.50. The van der Waals surface area contributed by atoms with E-state index < -0.39 is 21.8 Å². The molecule has 0 N–H and O–H groups in total. The SMILES string of the molecule is Cc1cc(C)c2c(=O)cc(C(=O)N(Cc3cccs3)[C@@H]3CCS(=O)(=O)C3)oc2c1. The highest BCUT2D eigenvalue weighted by Gasteiger charge is 2.36. The van der Waals surface area contributed by atoms with E-state index in [4.69, 9.17) is 4.42 Å². The van der Waals surface area contributed by atoms with Gasteiger partial charge >= 0.3 is 0 Å². The van der Waals surface area contributed by atoms with Gasteiger partial charge in [-0.25, -0.2) is 8.42 Å². The normalized spacial score (nSPS) is 18.2. The van der Waals surface area contributed by atoms with Gasteiger partial charge in [0.15, 0.2) is 21.0 Å². The molecular weight excluding hydrogens is 410 g/mol. The molecule has 0 radical (unpaired) electrons. The standard InChI is InChI=1S/C21H21NO5S2/c1-13-8-14(2)20-17(23)10-19(27-18(20)9-13)21(24)22(11-16-4-3-6-28-16)15-5-7-29(25,26)12-15/h3-4,6,8-10,15H,5,7,11-12H2,1-2H3/t15-/m1/s1. The van der Waals surface area contributed by atoms with Gasteiger partial charge in [-0.3, -0.25) is 9.59 Å². The maximum atomic E-state index is 13.3. The van der Waals surface area contributed by atoms with Crippen molar-refractivity contribution in [1.29, 1.82) is 0 Å². The van der Waals surface area contributed by atoms with Crippen molar-refractivity contribution in [1.82, 2.24) is 4.90 Å². The van der Waals surface area contributed by atoms with Crippen molar-refractivity contribution in [3.63, 3.8) is 0 Å². The van der Waals surface area contributed by atoms with Crippen LogP contribution in [0.15, 0.2) is 44.9 Å². The summed E-state index contributed by atoms with van der Waals surface area (Å²) in [6, 6.07) is 8.21. The second kappa shape index (κ2) is 7.42. The maximum Gasteiger partial charge on any atom is 0.290 e. The van der Waals surface area contributed by atoms with E-state index in [0.29, 0.717) is 17.4 Å². The molecular formula is C21H21NO5S2. The Balaban J connectivity index is 1.76. The molecule has 0 aliphatic carbocycles. The van der Waals surface area contributed by atoms with Gasteiger partial charge in [0, 0.05) is 17.0 Å². The van der Waals surface area contributed by atoms with E-state index in [9.17, 15) is 18.0 Å². The summed E-state index contributed by atoms with van der Waals surface area (Å²) >= 11 is 1.50. The van der Waals surface area contributed by atoms with E-state index in [1.165, 1.54) is 22.3 Å². The molecule has 0 spiro atoms. The van der Waals surface area contributed by atoms with Crippen molar-refractivity contribution in [3.8, 4) is 0 Å². The second-order valence-corrected chi connectivity index (χ2v) is 10.8. The minimum atomic E-state index is -3.17. The average Bonchev–Trinajstić information content (AvgIpc) is 3.27. The lowest BCUT2D eigenvalue weighted by atomic mass is 10.1. The number of rotatable bonds is 4. The molecule has 8 heteroatoms. The summed E-state index contributed by atoms with van der Waals surface area (Å²) in [5, 5.41) is 2.37. The van der Waals surface area contributed by atoms with Crippen molar-refractivity contribution in [2.24, 2.45) is 0 Å². The summed E-state index contributed by atoms with van der Waals surface area (Å²) in [5.41, 5.74) is 1.82. The Hall–Kier alpha value is -2.45. The van der Waals surface area contributed by atoms with Gasteiger partial charge in [-0.1, -0.05) is 12.1 Å². The topological polar surface area (TPSA) is 84.7 Å². The molecule has 0 unspecified atom stereocenters. The third-order valence-corrected chi connectivity index (χ3v) is 7.81. The van der Waals surface area contributed by atoms with Gasteiger partial charge in [-0.05, 0) is 48.9 Å². The zero-order chi connectivity index (χ0) is 20.8. The maximum absolute atomic E-state index is 13.3. The van der Waals surface area contributed by atoms with Crippen molar-refractivity contribution >= 4 is 38.1 Å². The summed E-state index contributed by atoms with van der Waals surface area (Å²) in [5.74, 6) is -0.529. The summed E-state index contributed by atoms with van der Waals surface area (Å²) < 4.78 is 29.8. The fourth-order valence-corrected chi connectivity index (χ4v) is 6.30. The molecule has 0 saturated carbocycles. The summed E-state index contributed by atoms with van der Waals surface area (Å²) in [4.78, 5) is 28.5. The van der Waals surface area contributed by atoms with E-state index in [1.54, 1.807) is 6.07 Å². The number of benzene rings is 1. The van der Waals surface area contributed by atoms with Crippen molar-refractivity contribution in [2.45, 2.75) is 32.9 Å². The number of sulfone groups is 1. The lowest BCUT2D eigenvalue weighted by Gasteiger charge is -2.27. The van der Waals surface area contributed by atoms with Crippen molar-refractivity contribution < 1.29 is 17.6 Å². The fraction of sp³-hybridized carbons (Fsp3) is 0.333. The summed E-state index contributed by atoms with van der Waals surface area (Å²) in [6.07, 6.45) is 0.384. The Kier molecular flexibility index (Phi) is 5.08. The first-order valence-electron chi connectivity index (χ1n) is 9.32. The van der Waals surface area contributed by atoms with Crippen LogP contribution >= 0.6 is 11.3 Å². The zero-order valence-corrected chi connectivity index (χ0v) is 17.8. The lowest BCUT2D eigenvalue weighted by Crippen LogP contribution is -2.40. The molecule has 1 amide bonds. The minimum absolute atomic E-state index is 0.0615. The van der Waals surface area contributed by atoms with E-state index >= 15 is 0 Å². The molecule has 2 aromatic heterocycles. The lowest BCUT2D eigenvalue weighted by molar-refractivity contribution is 0.0651. The van der Waals surface area contributed by atoms with Crippen LogP contribution in [0.2, 0.25) is 0 Å².